The summed E-state index contributed by atoms with van der Waals surface area (Å²) in [5, 5.41) is 0. The van der Waals surface area contributed by atoms with Crippen LogP contribution in [0.5, 0.6) is 11.5 Å². The number of halogens is 10. The Morgan fingerprint density at radius 3 is 1.82 bits per heavy atom. The van der Waals surface area contributed by atoms with E-state index in [0.717, 1.165) is 24.5 Å². The van der Waals surface area contributed by atoms with E-state index in [4.69, 9.17) is 9.47 Å². The molecule has 4 aromatic rings. The van der Waals surface area contributed by atoms with Crippen LogP contribution in [0.3, 0.4) is 0 Å². The Labute approximate surface area is 273 Å². The first kappa shape index (κ1) is 35.7. The molecule has 4 nitrogen and oxygen atoms in total. The third-order valence-electron chi connectivity index (χ3n) is 7.51. The van der Waals surface area contributed by atoms with E-state index in [1.807, 2.05) is 13.0 Å². The molecule has 0 amide bonds. The highest BCUT2D eigenvalue weighted by atomic mass is 19.4. The lowest BCUT2D eigenvalue weighted by molar-refractivity contribution is -0.276. The van der Waals surface area contributed by atoms with E-state index in [0.29, 0.717) is 36.5 Å². The summed E-state index contributed by atoms with van der Waals surface area (Å²) in [5.41, 5.74) is -1.07. The van der Waals surface area contributed by atoms with Crippen LogP contribution >= 0.6 is 0 Å². The molecule has 1 aliphatic heterocycles. The van der Waals surface area contributed by atoms with Gasteiger partial charge in [-0.05, 0) is 54.7 Å². The van der Waals surface area contributed by atoms with Gasteiger partial charge in [-0.3, -0.25) is 0 Å². The highest BCUT2D eigenvalue weighted by molar-refractivity contribution is 5.71. The van der Waals surface area contributed by atoms with E-state index in [-0.39, 0.29) is 23.6 Å². The molecule has 0 saturated carbocycles. The van der Waals surface area contributed by atoms with Crippen molar-refractivity contribution in [2.24, 2.45) is 5.92 Å². The molecule has 1 aliphatic rings. The maximum absolute atomic E-state index is 15.2. The largest absolute Gasteiger partial charge is 0.573 e. The quantitative estimate of drug-likeness (QED) is 0.122. The van der Waals surface area contributed by atoms with Crippen LogP contribution in [0.1, 0.15) is 37.2 Å². The molecule has 1 saturated heterocycles. The summed E-state index contributed by atoms with van der Waals surface area (Å²) in [5.74, 6) is -12.0. The number of ether oxygens (including phenoxy) is 4. The third-order valence-corrected chi connectivity index (χ3v) is 7.51. The Kier molecular flexibility index (Phi) is 10.6. The Balaban J connectivity index is 1.30. The monoisotopic (exact) mass is 700 g/mol. The second kappa shape index (κ2) is 14.5. The first-order valence-corrected chi connectivity index (χ1v) is 14.7. The minimum atomic E-state index is -5.51. The van der Waals surface area contributed by atoms with Crippen LogP contribution in [0.25, 0.3) is 22.3 Å². The molecule has 0 aromatic heterocycles. The number of allylic oxidation sites excluding steroid dienone is 2. The minimum Gasteiger partial charge on any atom is -0.429 e. The topological polar surface area (TPSA) is 36.9 Å². The Morgan fingerprint density at radius 1 is 0.694 bits per heavy atom. The summed E-state index contributed by atoms with van der Waals surface area (Å²) in [4.78, 5) is 0. The third kappa shape index (κ3) is 8.54. The first-order valence-electron chi connectivity index (χ1n) is 14.7. The second-order valence-electron chi connectivity index (χ2n) is 11.0. The lowest BCUT2D eigenvalue weighted by atomic mass is 9.97. The minimum absolute atomic E-state index is 0.0904. The molecule has 0 unspecified atom stereocenters. The van der Waals surface area contributed by atoms with Crippen LogP contribution in [0, 0.1) is 35.0 Å². The molecule has 5 rings (SSSR count). The molecule has 0 bridgehead atoms. The Hall–Kier alpha value is -4.56. The van der Waals surface area contributed by atoms with Crippen LogP contribution in [0.2, 0.25) is 0 Å². The number of hydrogen-bond donors (Lipinski definition) is 0. The van der Waals surface area contributed by atoms with Gasteiger partial charge in [-0.25, -0.2) is 22.0 Å². The van der Waals surface area contributed by atoms with E-state index < -0.39 is 70.5 Å². The zero-order chi connectivity index (χ0) is 35.5. The average Bonchev–Trinajstić information content (AvgIpc) is 3.02. The van der Waals surface area contributed by atoms with Crippen molar-refractivity contribution < 1.29 is 62.9 Å². The molecule has 4 aromatic carbocycles. The lowest BCUT2D eigenvalue weighted by Crippen LogP contribution is -2.27. The molecular weight excluding hydrogens is 674 g/mol. The van der Waals surface area contributed by atoms with Crippen LogP contribution in [0.4, 0.5) is 43.9 Å². The van der Waals surface area contributed by atoms with Gasteiger partial charge in [-0.15, -0.1) is 13.2 Å². The predicted molar refractivity (Wildman–Crippen MR) is 157 cm³/mol. The summed E-state index contributed by atoms with van der Waals surface area (Å²) in [6.07, 6.45) is -5.05. The maximum atomic E-state index is 15.2. The molecule has 1 fully saturated rings. The molecule has 0 spiro atoms. The van der Waals surface area contributed by atoms with E-state index in [1.54, 1.807) is 24.3 Å². The predicted octanol–water partition coefficient (Wildman–Crippen LogP) is 10.8. The van der Waals surface area contributed by atoms with Crippen LogP contribution in [-0.2, 0) is 15.6 Å². The normalized spacial score (nSPS) is 17.0. The number of benzene rings is 4. The van der Waals surface area contributed by atoms with Crippen LogP contribution in [-0.4, -0.2) is 19.6 Å². The van der Waals surface area contributed by atoms with Crippen molar-refractivity contribution in [3.63, 3.8) is 0 Å². The van der Waals surface area contributed by atoms with Gasteiger partial charge in [0.2, 0.25) is 5.75 Å². The second-order valence-corrected chi connectivity index (χ2v) is 11.0. The standard InChI is InChI=1S/C35H26F10O4/c1-2-3-4-5-19-17-46-33(47-18-19)21-8-6-20(7-9-21)22-10-11-25(26(36)12-22)23-13-27(37)31(28(38)14-23)34(41,42)48-24-15-29(39)32(30(40)16-24)49-35(43,44)45/h2-3,6-16,19,33H,4-5,17-18H2,1H3. The van der Waals surface area contributed by atoms with Gasteiger partial charge in [0.15, 0.2) is 17.9 Å². The molecule has 0 atom stereocenters. The number of alkyl halides is 5. The maximum Gasteiger partial charge on any atom is 0.573 e. The number of rotatable bonds is 10. The summed E-state index contributed by atoms with van der Waals surface area (Å²) < 4.78 is 159. The fourth-order valence-corrected chi connectivity index (χ4v) is 5.18. The van der Waals surface area contributed by atoms with Gasteiger partial charge in [0, 0.05) is 29.2 Å². The summed E-state index contributed by atoms with van der Waals surface area (Å²) >= 11 is 0. The van der Waals surface area contributed by atoms with Crippen molar-refractivity contribution in [1.82, 2.24) is 0 Å². The molecule has 260 valence electrons. The van der Waals surface area contributed by atoms with Crippen molar-refractivity contribution in [2.45, 2.75) is 38.5 Å². The molecule has 0 N–H and O–H groups in total. The summed E-state index contributed by atoms with van der Waals surface area (Å²) in [6, 6.07) is 11.3. The smallest absolute Gasteiger partial charge is 0.429 e. The van der Waals surface area contributed by atoms with Gasteiger partial charge >= 0.3 is 12.5 Å². The molecule has 0 aliphatic carbocycles. The Bertz CT molecular complexity index is 1770. The zero-order valence-electron chi connectivity index (χ0n) is 25.4. The van der Waals surface area contributed by atoms with Crippen molar-refractivity contribution in [1.29, 1.82) is 0 Å². The van der Waals surface area contributed by atoms with Gasteiger partial charge in [0.1, 0.15) is 28.8 Å². The highest BCUT2D eigenvalue weighted by Gasteiger charge is 2.42. The van der Waals surface area contributed by atoms with E-state index in [9.17, 15) is 39.5 Å². The summed E-state index contributed by atoms with van der Waals surface area (Å²) in [7, 11) is 0. The van der Waals surface area contributed by atoms with Crippen LogP contribution < -0.4 is 9.47 Å². The van der Waals surface area contributed by atoms with E-state index in [1.165, 1.54) is 12.1 Å². The fraction of sp³-hybridized carbons (Fsp3) is 0.257. The first-order chi connectivity index (χ1) is 23.1. The lowest BCUT2D eigenvalue weighted by Gasteiger charge is -2.29. The van der Waals surface area contributed by atoms with Crippen molar-refractivity contribution in [3.05, 3.63) is 119 Å². The SMILES string of the molecule is CC=CCCC1COC(c2ccc(-c3ccc(-c4cc(F)c(C(F)(F)Oc5cc(F)c(OC(F)(F)F)c(F)c5)c(F)c4)c(F)c3)cc2)OC1. The van der Waals surface area contributed by atoms with Gasteiger partial charge in [-0.1, -0.05) is 48.6 Å². The summed E-state index contributed by atoms with van der Waals surface area (Å²) in [6.45, 7) is 3.04. The molecule has 0 radical (unpaired) electrons. The van der Waals surface area contributed by atoms with Crippen molar-refractivity contribution in [2.75, 3.05) is 13.2 Å². The van der Waals surface area contributed by atoms with Crippen molar-refractivity contribution in [3.8, 4) is 33.8 Å². The molecule has 14 heteroatoms. The molecule has 49 heavy (non-hydrogen) atoms. The molecule has 1 heterocycles. The fourth-order valence-electron chi connectivity index (χ4n) is 5.18. The number of hydrogen-bond acceptors (Lipinski definition) is 4. The van der Waals surface area contributed by atoms with Gasteiger partial charge in [-0.2, -0.15) is 8.78 Å². The van der Waals surface area contributed by atoms with E-state index in [2.05, 4.69) is 15.5 Å². The van der Waals surface area contributed by atoms with Crippen LogP contribution in [0.15, 0.2) is 78.9 Å². The molecular formula is C35H26F10O4. The van der Waals surface area contributed by atoms with Gasteiger partial charge in [0.05, 0.1) is 13.2 Å². The average molecular weight is 701 g/mol. The highest BCUT2D eigenvalue weighted by Crippen LogP contribution is 2.40. The van der Waals surface area contributed by atoms with Crippen molar-refractivity contribution >= 4 is 0 Å². The zero-order valence-corrected chi connectivity index (χ0v) is 25.4. The van der Waals surface area contributed by atoms with E-state index >= 15 is 4.39 Å². The van der Waals surface area contributed by atoms with Gasteiger partial charge < -0.3 is 18.9 Å². The Morgan fingerprint density at radius 2 is 1.27 bits per heavy atom. The van der Waals surface area contributed by atoms with Gasteiger partial charge in [0.25, 0.3) is 0 Å².